The SMILES string of the molecule is C=CCOc1ccc([C@@H]2/C(=C(\O)c3ccc4c(c3)C[C@@H](C)O4)C(=O)C(=O)N2Cc2cccnc2)cc1OCC. The molecule has 200 valence electrons. The van der Waals surface area contributed by atoms with Crippen LogP contribution >= 0.6 is 0 Å². The van der Waals surface area contributed by atoms with Crippen LogP contribution < -0.4 is 14.2 Å². The molecular formula is C31H30N2O6. The van der Waals surface area contributed by atoms with Crippen molar-refractivity contribution in [3.05, 3.63) is 101 Å². The van der Waals surface area contributed by atoms with E-state index in [1.807, 2.05) is 26.0 Å². The second-order valence-electron chi connectivity index (χ2n) is 9.48. The molecule has 8 nitrogen and oxygen atoms in total. The minimum Gasteiger partial charge on any atom is -0.507 e. The number of pyridine rings is 1. The maximum Gasteiger partial charge on any atom is 0.295 e. The highest BCUT2D eigenvalue weighted by Gasteiger charge is 2.46. The average Bonchev–Trinajstić information content (AvgIpc) is 3.43. The van der Waals surface area contributed by atoms with Crippen molar-refractivity contribution >= 4 is 17.4 Å². The van der Waals surface area contributed by atoms with Gasteiger partial charge in [0.05, 0.1) is 18.2 Å². The Bertz CT molecular complexity index is 1450. The van der Waals surface area contributed by atoms with E-state index in [1.165, 1.54) is 4.90 Å². The van der Waals surface area contributed by atoms with Crippen molar-refractivity contribution in [2.75, 3.05) is 13.2 Å². The van der Waals surface area contributed by atoms with Gasteiger partial charge in [-0.2, -0.15) is 0 Å². The molecule has 1 N–H and O–H groups in total. The molecule has 2 aromatic carbocycles. The lowest BCUT2D eigenvalue weighted by molar-refractivity contribution is -0.140. The Hall–Kier alpha value is -4.59. The number of ketones is 1. The zero-order valence-electron chi connectivity index (χ0n) is 21.9. The van der Waals surface area contributed by atoms with E-state index in [9.17, 15) is 14.7 Å². The molecule has 0 radical (unpaired) electrons. The number of aromatic nitrogens is 1. The summed E-state index contributed by atoms with van der Waals surface area (Å²) in [6, 6.07) is 13.3. The van der Waals surface area contributed by atoms with Crippen LogP contribution in [0.3, 0.4) is 0 Å². The van der Waals surface area contributed by atoms with Gasteiger partial charge in [-0.1, -0.05) is 24.8 Å². The number of aliphatic hydroxyl groups excluding tert-OH is 1. The second kappa shape index (κ2) is 11.0. The molecule has 0 spiro atoms. The summed E-state index contributed by atoms with van der Waals surface area (Å²) >= 11 is 0. The Morgan fingerprint density at radius 1 is 1.18 bits per heavy atom. The maximum absolute atomic E-state index is 13.5. The number of amides is 1. The molecule has 0 aliphatic carbocycles. The summed E-state index contributed by atoms with van der Waals surface area (Å²) in [6.45, 7) is 8.33. The molecule has 8 heteroatoms. The van der Waals surface area contributed by atoms with Crippen LogP contribution in [0.15, 0.2) is 79.2 Å². The van der Waals surface area contributed by atoms with E-state index < -0.39 is 17.7 Å². The highest BCUT2D eigenvalue weighted by atomic mass is 16.5. The molecule has 3 heterocycles. The Morgan fingerprint density at radius 2 is 2.03 bits per heavy atom. The van der Waals surface area contributed by atoms with Gasteiger partial charge in [-0.25, -0.2) is 0 Å². The molecule has 2 atom stereocenters. The van der Waals surface area contributed by atoms with Gasteiger partial charge in [-0.05, 0) is 66.9 Å². The third-order valence-corrected chi connectivity index (χ3v) is 6.73. The summed E-state index contributed by atoms with van der Waals surface area (Å²) in [5.74, 6) is 0.0401. The topological polar surface area (TPSA) is 98.2 Å². The van der Waals surface area contributed by atoms with Crippen LogP contribution in [-0.2, 0) is 22.6 Å². The van der Waals surface area contributed by atoms with Crippen molar-refractivity contribution in [1.82, 2.24) is 9.88 Å². The van der Waals surface area contributed by atoms with Crippen LogP contribution in [0.2, 0.25) is 0 Å². The number of nitrogens with zero attached hydrogens (tertiary/aromatic N) is 2. The fraction of sp³-hybridized carbons (Fsp3) is 0.258. The van der Waals surface area contributed by atoms with Gasteiger partial charge in [0.2, 0.25) is 0 Å². The molecule has 39 heavy (non-hydrogen) atoms. The highest BCUT2D eigenvalue weighted by molar-refractivity contribution is 6.46. The lowest BCUT2D eigenvalue weighted by Gasteiger charge is -2.26. The van der Waals surface area contributed by atoms with Crippen LogP contribution in [-0.4, -0.2) is 46.0 Å². The molecule has 0 bridgehead atoms. The molecule has 2 aliphatic rings. The third kappa shape index (κ3) is 5.10. The van der Waals surface area contributed by atoms with E-state index in [2.05, 4.69) is 11.6 Å². The van der Waals surface area contributed by atoms with Gasteiger partial charge in [0, 0.05) is 30.9 Å². The van der Waals surface area contributed by atoms with Gasteiger partial charge >= 0.3 is 0 Å². The van der Waals surface area contributed by atoms with Gasteiger partial charge in [0.1, 0.15) is 24.2 Å². The van der Waals surface area contributed by atoms with Crippen molar-refractivity contribution in [3.8, 4) is 17.2 Å². The third-order valence-electron chi connectivity index (χ3n) is 6.73. The van der Waals surface area contributed by atoms with Crippen LogP contribution in [0.4, 0.5) is 0 Å². The predicted molar refractivity (Wildman–Crippen MR) is 146 cm³/mol. The number of likely N-dealkylation sites (tertiary alicyclic amines) is 1. The first kappa shape index (κ1) is 26.0. The molecular weight excluding hydrogens is 496 g/mol. The molecule has 0 unspecified atom stereocenters. The van der Waals surface area contributed by atoms with Crippen molar-refractivity contribution in [2.45, 2.75) is 39.0 Å². The number of benzene rings is 2. The van der Waals surface area contributed by atoms with Crippen molar-refractivity contribution in [1.29, 1.82) is 0 Å². The Labute approximate surface area is 227 Å². The number of hydrogen-bond acceptors (Lipinski definition) is 7. The molecule has 1 aromatic heterocycles. The fourth-order valence-electron chi connectivity index (χ4n) is 5.03. The number of Topliss-reactive ketones (excluding diaryl/α,β-unsaturated/α-hetero) is 1. The Morgan fingerprint density at radius 3 is 2.77 bits per heavy atom. The number of fused-ring (bicyclic) bond motifs is 1. The Kier molecular flexibility index (Phi) is 7.36. The normalized spacial score (nSPS) is 19.5. The van der Waals surface area contributed by atoms with Crippen LogP contribution in [0.5, 0.6) is 17.2 Å². The highest BCUT2D eigenvalue weighted by Crippen LogP contribution is 2.43. The first-order chi connectivity index (χ1) is 18.9. The van der Waals surface area contributed by atoms with Crippen molar-refractivity contribution < 1.29 is 28.9 Å². The summed E-state index contributed by atoms with van der Waals surface area (Å²) in [7, 11) is 0. The van der Waals surface area contributed by atoms with Crippen molar-refractivity contribution in [2.24, 2.45) is 0 Å². The van der Waals surface area contributed by atoms with Crippen LogP contribution in [0.1, 0.15) is 42.1 Å². The second-order valence-corrected chi connectivity index (χ2v) is 9.48. The van der Waals surface area contributed by atoms with Crippen LogP contribution in [0, 0.1) is 0 Å². The number of ether oxygens (including phenoxy) is 3. The first-order valence-corrected chi connectivity index (χ1v) is 12.9. The minimum atomic E-state index is -0.860. The lowest BCUT2D eigenvalue weighted by atomic mass is 9.94. The van der Waals surface area contributed by atoms with Crippen molar-refractivity contribution in [3.63, 3.8) is 0 Å². The molecule has 0 saturated carbocycles. The van der Waals surface area contributed by atoms with E-state index in [1.54, 1.807) is 54.9 Å². The molecule has 2 aliphatic heterocycles. The summed E-state index contributed by atoms with van der Waals surface area (Å²) in [5.41, 5.74) is 2.76. The fourth-order valence-corrected chi connectivity index (χ4v) is 5.03. The summed E-state index contributed by atoms with van der Waals surface area (Å²) in [4.78, 5) is 32.5. The number of carbonyl (C=O) groups excluding carboxylic acids is 2. The number of rotatable bonds is 9. The maximum atomic E-state index is 13.5. The standard InChI is InChI=1S/C31H30N2O6/c1-4-13-38-25-11-8-21(16-26(25)37-5-2)28-27(29(34)22-9-10-24-23(15-22)14-19(3)39-24)30(35)31(36)33(28)18-20-7-6-12-32-17-20/h4,6-12,15-17,19,28,34H,1,5,13-14,18H2,2-3H3/b29-27+/t19-,28-/m1/s1. The van der Waals surface area contributed by atoms with E-state index in [0.717, 1.165) is 16.9 Å². The van der Waals surface area contributed by atoms with Gasteiger partial charge in [0.15, 0.2) is 11.5 Å². The van der Waals surface area contributed by atoms with Gasteiger partial charge in [-0.3, -0.25) is 14.6 Å². The molecule has 1 fully saturated rings. The summed E-state index contributed by atoms with van der Waals surface area (Å²) < 4.78 is 17.4. The Balaban J connectivity index is 1.64. The summed E-state index contributed by atoms with van der Waals surface area (Å²) in [6.07, 6.45) is 5.65. The lowest BCUT2D eigenvalue weighted by Crippen LogP contribution is -2.29. The van der Waals surface area contributed by atoms with E-state index >= 15 is 0 Å². The van der Waals surface area contributed by atoms with E-state index in [-0.39, 0.29) is 24.0 Å². The molecule has 5 rings (SSSR count). The van der Waals surface area contributed by atoms with Gasteiger partial charge in [-0.15, -0.1) is 0 Å². The number of carbonyl (C=O) groups is 2. The first-order valence-electron chi connectivity index (χ1n) is 12.9. The van der Waals surface area contributed by atoms with Gasteiger partial charge < -0.3 is 24.2 Å². The largest absolute Gasteiger partial charge is 0.507 e. The molecule has 1 amide bonds. The van der Waals surface area contributed by atoms with Gasteiger partial charge in [0.25, 0.3) is 11.7 Å². The number of hydrogen-bond donors (Lipinski definition) is 1. The monoisotopic (exact) mass is 526 g/mol. The quantitative estimate of drug-likeness (QED) is 0.182. The summed E-state index contributed by atoms with van der Waals surface area (Å²) in [5, 5.41) is 11.5. The smallest absolute Gasteiger partial charge is 0.295 e. The zero-order chi connectivity index (χ0) is 27.5. The predicted octanol–water partition coefficient (Wildman–Crippen LogP) is 4.99. The zero-order valence-corrected chi connectivity index (χ0v) is 21.9. The van der Waals surface area contributed by atoms with E-state index in [0.29, 0.717) is 42.3 Å². The number of aliphatic hydroxyl groups is 1. The minimum absolute atomic E-state index is 0.0120. The molecule has 3 aromatic rings. The van der Waals surface area contributed by atoms with E-state index in [4.69, 9.17) is 14.2 Å². The van der Waals surface area contributed by atoms with Crippen LogP contribution in [0.25, 0.3) is 5.76 Å². The average molecular weight is 527 g/mol. The molecule has 1 saturated heterocycles.